The number of ether oxygens (including phenoxy) is 1. The zero-order chi connectivity index (χ0) is 11.3. The molecule has 0 heterocycles. The standard InChI is InChI=1S/C12H19NO2/c1-12(2,3)10-5-4-6-11(9-10)14-7-8-15-13/h4-6,9H,7-8,13H2,1-3H3. The van der Waals surface area contributed by atoms with Gasteiger partial charge in [-0.2, -0.15) is 0 Å². The van der Waals surface area contributed by atoms with Crippen LogP contribution in [0.2, 0.25) is 0 Å². The molecule has 84 valence electrons. The van der Waals surface area contributed by atoms with E-state index in [1.54, 1.807) is 0 Å². The van der Waals surface area contributed by atoms with Crippen molar-refractivity contribution in [3.63, 3.8) is 0 Å². The second kappa shape index (κ2) is 5.14. The van der Waals surface area contributed by atoms with Crippen molar-refractivity contribution in [2.24, 2.45) is 5.90 Å². The third-order valence-electron chi connectivity index (χ3n) is 2.17. The largest absolute Gasteiger partial charge is 0.491 e. The first-order chi connectivity index (χ1) is 7.04. The maximum atomic E-state index is 5.48. The van der Waals surface area contributed by atoms with Crippen LogP contribution in [-0.4, -0.2) is 13.2 Å². The molecule has 0 saturated heterocycles. The van der Waals surface area contributed by atoms with Gasteiger partial charge in [0, 0.05) is 0 Å². The fourth-order valence-electron chi connectivity index (χ4n) is 1.26. The van der Waals surface area contributed by atoms with Crippen molar-refractivity contribution in [1.82, 2.24) is 0 Å². The second-order valence-electron chi connectivity index (χ2n) is 4.50. The Morgan fingerprint density at radius 3 is 2.53 bits per heavy atom. The molecule has 0 radical (unpaired) electrons. The zero-order valence-corrected chi connectivity index (χ0v) is 9.62. The van der Waals surface area contributed by atoms with Gasteiger partial charge in [0.1, 0.15) is 19.0 Å². The molecule has 3 nitrogen and oxygen atoms in total. The first-order valence-electron chi connectivity index (χ1n) is 5.09. The lowest BCUT2D eigenvalue weighted by atomic mass is 9.87. The molecule has 0 amide bonds. The van der Waals surface area contributed by atoms with Crippen molar-refractivity contribution in [2.45, 2.75) is 26.2 Å². The normalized spacial score (nSPS) is 11.5. The summed E-state index contributed by atoms with van der Waals surface area (Å²) in [5.74, 6) is 5.77. The summed E-state index contributed by atoms with van der Waals surface area (Å²) in [5.41, 5.74) is 1.40. The Balaban J connectivity index is 2.66. The predicted molar refractivity (Wildman–Crippen MR) is 60.8 cm³/mol. The van der Waals surface area contributed by atoms with Gasteiger partial charge in [-0.25, -0.2) is 5.90 Å². The molecule has 3 heteroatoms. The van der Waals surface area contributed by atoms with E-state index in [1.165, 1.54) is 5.56 Å². The highest BCUT2D eigenvalue weighted by Gasteiger charge is 2.13. The Morgan fingerprint density at radius 2 is 1.93 bits per heavy atom. The maximum Gasteiger partial charge on any atom is 0.119 e. The highest BCUT2D eigenvalue weighted by atomic mass is 16.6. The fourth-order valence-corrected chi connectivity index (χ4v) is 1.26. The molecule has 0 aliphatic carbocycles. The average molecular weight is 209 g/mol. The van der Waals surface area contributed by atoms with Crippen LogP contribution in [0.25, 0.3) is 0 Å². The first kappa shape index (κ1) is 12.0. The quantitative estimate of drug-likeness (QED) is 0.611. The van der Waals surface area contributed by atoms with E-state index in [9.17, 15) is 0 Å². The van der Waals surface area contributed by atoms with E-state index >= 15 is 0 Å². The van der Waals surface area contributed by atoms with E-state index in [0.29, 0.717) is 13.2 Å². The molecule has 2 N–H and O–H groups in total. The molecule has 0 fully saturated rings. The van der Waals surface area contributed by atoms with Gasteiger partial charge in [-0.05, 0) is 23.1 Å². The van der Waals surface area contributed by atoms with Gasteiger partial charge in [-0.3, -0.25) is 0 Å². The lowest BCUT2D eigenvalue weighted by Crippen LogP contribution is -2.12. The van der Waals surface area contributed by atoms with Crippen LogP contribution in [-0.2, 0) is 10.3 Å². The van der Waals surface area contributed by atoms with Crippen molar-refractivity contribution >= 4 is 0 Å². The van der Waals surface area contributed by atoms with Crippen LogP contribution >= 0.6 is 0 Å². The molecule has 0 bridgehead atoms. The number of nitrogens with two attached hydrogens (primary N) is 1. The highest BCUT2D eigenvalue weighted by molar-refractivity contribution is 5.32. The van der Waals surface area contributed by atoms with Crippen molar-refractivity contribution in [3.8, 4) is 5.75 Å². The van der Waals surface area contributed by atoms with E-state index in [0.717, 1.165) is 5.75 Å². The van der Waals surface area contributed by atoms with Gasteiger partial charge in [-0.15, -0.1) is 0 Å². The summed E-state index contributed by atoms with van der Waals surface area (Å²) in [7, 11) is 0. The Bertz CT molecular complexity index is 305. The molecule has 0 aliphatic heterocycles. The van der Waals surface area contributed by atoms with Crippen molar-refractivity contribution in [1.29, 1.82) is 0 Å². The molecular weight excluding hydrogens is 190 g/mol. The SMILES string of the molecule is CC(C)(C)c1cccc(OCCON)c1. The summed E-state index contributed by atoms with van der Waals surface area (Å²) in [6, 6.07) is 8.09. The molecule has 0 aromatic heterocycles. The van der Waals surface area contributed by atoms with Gasteiger partial charge in [0.15, 0.2) is 0 Å². The highest BCUT2D eigenvalue weighted by Crippen LogP contribution is 2.25. The Labute approximate surface area is 91.1 Å². The molecule has 0 aliphatic rings. The van der Waals surface area contributed by atoms with Crippen LogP contribution < -0.4 is 10.6 Å². The minimum Gasteiger partial charge on any atom is -0.491 e. The molecule has 1 aromatic rings. The van der Waals surface area contributed by atoms with Gasteiger partial charge in [0.25, 0.3) is 0 Å². The van der Waals surface area contributed by atoms with Crippen molar-refractivity contribution in [2.75, 3.05) is 13.2 Å². The number of hydrogen-bond acceptors (Lipinski definition) is 3. The van der Waals surface area contributed by atoms with E-state index in [-0.39, 0.29) is 5.41 Å². The van der Waals surface area contributed by atoms with Gasteiger partial charge in [0.05, 0.1) is 0 Å². The fraction of sp³-hybridized carbons (Fsp3) is 0.500. The molecule has 0 saturated carbocycles. The van der Waals surface area contributed by atoms with E-state index in [2.05, 4.69) is 37.7 Å². The van der Waals surface area contributed by atoms with Crippen LogP contribution in [0.5, 0.6) is 5.75 Å². The van der Waals surface area contributed by atoms with Crippen LogP contribution in [0.15, 0.2) is 24.3 Å². The lowest BCUT2D eigenvalue weighted by Gasteiger charge is -2.19. The zero-order valence-electron chi connectivity index (χ0n) is 9.62. The molecule has 0 atom stereocenters. The summed E-state index contributed by atoms with van der Waals surface area (Å²) in [6.45, 7) is 7.41. The molecule has 15 heavy (non-hydrogen) atoms. The van der Waals surface area contributed by atoms with Gasteiger partial charge in [-0.1, -0.05) is 32.9 Å². The second-order valence-corrected chi connectivity index (χ2v) is 4.50. The lowest BCUT2D eigenvalue weighted by molar-refractivity contribution is 0.102. The number of benzene rings is 1. The maximum absolute atomic E-state index is 5.48. The Morgan fingerprint density at radius 1 is 1.20 bits per heavy atom. The van der Waals surface area contributed by atoms with Crippen LogP contribution in [0.1, 0.15) is 26.3 Å². The van der Waals surface area contributed by atoms with Crippen molar-refractivity contribution < 1.29 is 9.57 Å². The molecule has 0 unspecified atom stereocenters. The van der Waals surface area contributed by atoms with Gasteiger partial charge < -0.3 is 9.57 Å². The van der Waals surface area contributed by atoms with Crippen LogP contribution in [0, 0.1) is 0 Å². The molecule has 1 rings (SSSR count). The summed E-state index contributed by atoms with van der Waals surface area (Å²) in [4.78, 5) is 4.44. The smallest absolute Gasteiger partial charge is 0.119 e. The molecule has 1 aromatic carbocycles. The Kier molecular flexibility index (Phi) is 4.12. The van der Waals surface area contributed by atoms with Gasteiger partial charge >= 0.3 is 0 Å². The van der Waals surface area contributed by atoms with Crippen LogP contribution in [0.3, 0.4) is 0 Å². The predicted octanol–water partition coefficient (Wildman–Crippen LogP) is 2.25. The minimum absolute atomic E-state index is 0.143. The van der Waals surface area contributed by atoms with Crippen molar-refractivity contribution in [3.05, 3.63) is 29.8 Å². The molecular formula is C12H19NO2. The minimum atomic E-state index is 0.143. The summed E-state index contributed by atoms with van der Waals surface area (Å²) >= 11 is 0. The monoisotopic (exact) mass is 209 g/mol. The van der Waals surface area contributed by atoms with Crippen LogP contribution in [0.4, 0.5) is 0 Å². The molecule has 0 spiro atoms. The topological polar surface area (TPSA) is 44.5 Å². The van der Waals surface area contributed by atoms with Gasteiger partial charge in [0.2, 0.25) is 0 Å². The summed E-state index contributed by atoms with van der Waals surface area (Å²) in [6.07, 6.45) is 0. The summed E-state index contributed by atoms with van der Waals surface area (Å²) in [5, 5.41) is 0. The third-order valence-corrected chi connectivity index (χ3v) is 2.17. The average Bonchev–Trinajstić information content (AvgIpc) is 2.17. The van der Waals surface area contributed by atoms with E-state index in [1.807, 2.05) is 12.1 Å². The first-order valence-corrected chi connectivity index (χ1v) is 5.09. The third kappa shape index (κ3) is 3.90. The van der Waals surface area contributed by atoms with E-state index in [4.69, 9.17) is 10.6 Å². The number of rotatable bonds is 4. The Hall–Kier alpha value is -1.06. The number of hydrogen-bond donors (Lipinski definition) is 1. The summed E-state index contributed by atoms with van der Waals surface area (Å²) < 4.78 is 5.48. The van der Waals surface area contributed by atoms with E-state index < -0.39 is 0 Å².